The molecule has 0 bridgehead atoms. The van der Waals surface area contributed by atoms with Crippen LogP contribution >= 0.6 is 0 Å². The summed E-state index contributed by atoms with van der Waals surface area (Å²) in [5.74, 6) is -0.327. The third-order valence-corrected chi connectivity index (χ3v) is 4.76. The number of hydrogen-bond acceptors (Lipinski definition) is 3. The predicted octanol–water partition coefficient (Wildman–Crippen LogP) is 3.19. The number of hydrogen-bond donors (Lipinski definition) is 2. The maximum Gasteiger partial charge on any atom is 0.255 e. The molecule has 0 saturated heterocycles. The minimum Gasteiger partial charge on any atom is -0.389 e. The topological polar surface area (TPSA) is 69.6 Å². The molecule has 0 unspecified atom stereocenters. The van der Waals surface area contributed by atoms with Crippen LogP contribution in [0.4, 0.5) is 5.69 Å². The maximum atomic E-state index is 12.6. The number of nitrogens with one attached hydrogen (secondary N) is 1. The molecule has 0 aliphatic heterocycles. The molecule has 1 aromatic rings. The number of anilines is 1. The summed E-state index contributed by atoms with van der Waals surface area (Å²) in [7, 11) is 0. The number of amides is 2. The normalized spacial score (nSPS) is 16.5. The number of carbonyl (C=O) groups is 2. The van der Waals surface area contributed by atoms with Gasteiger partial charge in [0.2, 0.25) is 5.91 Å². The van der Waals surface area contributed by atoms with E-state index in [1.807, 2.05) is 13.8 Å². The Morgan fingerprint density at radius 1 is 1.12 bits per heavy atom. The smallest absolute Gasteiger partial charge is 0.255 e. The fraction of sp³-hybridized carbons (Fsp3) is 0.579. The van der Waals surface area contributed by atoms with Gasteiger partial charge in [0.05, 0.1) is 23.3 Å². The molecular formula is C19H28N2O3. The molecule has 24 heavy (non-hydrogen) atoms. The van der Waals surface area contributed by atoms with E-state index in [-0.39, 0.29) is 18.2 Å². The summed E-state index contributed by atoms with van der Waals surface area (Å²) in [6.07, 6.45) is 4.45. The van der Waals surface area contributed by atoms with Crippen LogP contribution in [0.3, 0.4) is 0 Å². The maximum absolute atomic E-state index is 12.6. The average molecular weight is 332 g/mol. The Balaban J connectivity index is 2.09. The molecule has 1 saturated carbocycles. The highest BCUT2D eigenvalue weighted by Gasteiger charge is 2.32. The van der Waals surface area contributed by atoms with Crippen molar-refractivity contribution in [3.63, 3.8) is 0 Å². The molecule has 2 rings (SSSR count). The Morgan fingerprint density at radius 2 is 1.75 bits per heavy atom. The van der Waals surface area contributed by atoms with Gasteiger partial charge in [-0.2, -0.15) is 0 Å². The van der Waals surface area contributed by atoms with Gasteiger partial charge in [-0.05, 0) is 38.8 Å². The number of para-hydroxylation sites is 1. The van der Waals surface area contributed by atoms with Crippen LogP contribution in [0, 0.1) is 0 Å². The summed E-state index contributed by atoms with van der Waals surface area (Å²) in [5.41, 5.74) is 0.101. The van der Waals surface area contributed by atoms with Crippen molar-refractivity contribution in [1.29, 1.82) is 0 Å². The third kappa shape index (κ3) is 4.57. The predicted molar refractivity (Wildman–Crippen MR) is 95.0 cm³/mol. The second-order valence-electron chi connectivity index (χ2n) is 6.53. The lowest BCUT2D eigenvalue weighted by Crippen LogP contribution is -2.36. The first-order valence-corrected chi connectivity index (χ1v) is 8.89. The quantitative estimate of drug-likeness (QED) is 0.840. The van der Waals surface area contributed by atoms with Gasteiger partial charge in [0.15, 0.2) is 0 Å². The standard InChI is InChI=1S/C19H28N2O3/c1-3-21(4-2)18(23)15-10-6-7-11-16(15)20-17(22)14-19(24)12-8-5-9-13-19/h6-7,10-11,24H,3-5,8-9,12-14H2,1-2H3,(H,20,22). The Labute approximate surface area is 144 Å². The van der Waals surface area contributed by atoms with E-state index in [1.54, 1.807) is 29.2 Å². The van der Waals surface area contributed by atoms with Crippen LogP contribution in [-0.4, -0.2) is 40.5 Å². The minimum atomic E-state index is -0.903. The first-order valence-electron chi connectivity index (χ1n) is 8.89. The highest BCUT2D eigenvalue weighted by Crippen LogP contribution is 2.31. The molecule has 2 N–H and O–H groups in total. The van der Waals surface area contributed by atoms with Gasteiger partial charge in [-0.1, -0.05) is 31.4 Å². The van der Waals surface area contributed by atoms with Crippen LogP contribution in [0.5, 0.6) is 0 Å². The molecule has 5 nitrogen and oxygen atoms in total. The fourth-order valence-corrected chi connectivity index (χ4v) is 3.34. The number of carbonyl (C=O) groups excluding carboxylic acids is 2. The van der Waals surface area contributed by atoms with Gasteiger partial charge in [-0.15, -0.1) is 0 Å². The van der Waals surface area contributed by atoms with Crippen molar-refractivity contribution in [3.05, 3.63) is 29.8 Å². The molecule has 0 heterocycles. The van der Waals surface area contributed by atoms with E-state index < -0.39 is 5.60 Å². The van der Waals surface area contributed by atoms with Crippen molar-refractivity contribution in [2.24, 2.45) is 0 Å². The van der Waals surface area contributed by atoms with Crippen molar-refractivity contribution in [3.8, 4) is 0 Å². The average Bonchev–Trinajstić information content (AvgIpc) is 2.56. The molecule has 0 radical (unpaired) electrons. The van der Waals surface area contributed by atoms with Gasteiger partial charge in [0, 0.05) is 13.1 Å². The number of aliphatic hydroxyl groups is 1. The third-order valence-electron chi connectivity index (χ3n) is 4.76. The highest BCUT2D eigenvalue weighted by molar-refractivity contribution is 6.03. The first-order chi connectivity index (χ1) is 11.5. The van der Waals surface area contributed by atoms with Gasteiger partial charge < -0.3 is 15.3 Å². The van der Waals surface area contributed by atoms with Crippen molar-refractivity contribution in [2.45, 2.75) is 58.0 Å². The van der Waals surface area contributed by atoms with E-state index in [0.717, 1.165) is 19.3 Å². The van der Waals surface area contributed by atoms with Crippen LogP contribution in [0.1, 0.15) is 62.7 Å². The summed E-state index contributed by atoms with van der Waals surface area (Å²) < 4.78 is 0. The molecule has 2 amide bonds. The molecule has 0 aromatic heterocycles. The van der Waals surface area contributed by atoms with Crippen molar-refractivity contribution in [2.75, 3.05) is 18.4 Å². The van der Waals surface area contributed by atoms with Crippen LogP contribution in [-0.2, 0) is 4.79 Å². The molecule has 1 aromatic carbocycles. The molecule has 1 aliphatic rings. The van der Waals surface area contributed by atoms with E-state index in [9.17, 15) is 14.7 Å². The number of nitrogens with zero attached hydrogens (tertiary/aromatic N) is 1. The molecular weight excluding hydrogens is 304 g/mol. The van der Waals surface area contributed by atoms with E-state index in [4.69, 9.17) is 0 Å². The van der Waals surface area contributed by atoms with E-state index >= 15 is 0 Å². The lowest BCUT2D eigenvalue weighted by molar-refractivity contribution is -0.122. The second-order valence-corrected chi connectivity index (χ2v) is 6.53. The van der Waals surface area contributed by atoms with Crippen LogP contribution in [0.2, 0.25) is 0 Å². The van der Waals surface area contributed by atoms with E-state index in [0.29, 0.717) is 37.2 Å². The Kier molecular flexibility index (Phi) is 6.37. The lowest BCUT2D eigenvalue weighted by Gasteiger charge is -2.31. The molecule has 5 heteroatoms. The van der Waals surface area contributed by atoms with Crippen LogP contribution in [0.25, 0.3) is 0 Å². The monoisotopic (exact) mass is 332 g/mol. The Morgan fingerprint density at radius 3 is 2.38 bits per heavy atom. The summed E-state index contributed by atoms with van der Waals surface area (Å²) in [5, 5.41) is 13.3. The SMILES string of the molecule is CCN(CC)C(=O)c1ccccc1NC(=O)CC1(O)CCCCC1. The van der Waals surface area contributed by atoms with E-state index in [1.165, 1.54) is 0 Å². The summed E-state index contributed by atoms with van der Waals surface area (Å²) in [6, 6.07) is 7.05. The zero-order valence-electron chi connectivity index (χ0n) is 14.7. The van der Waals surface area contributed by atoms with Crippen molar-refractivity contribution in [1.82, 2.24) is 4.90 Å². The zero-order chi connectivity index (χ0) is 17.6. The molecule has 0 atom stereocenters. The molecule has 1 aliphatic carbocycles. The van der Waals surface area contributed by atoms with Gasteiger partial charge in [0.25, 0.3) is 5.91 Å². The minimum absolute atomic E-state index is 0.0841. The first kappa shape index (κ1) is 18.5. The molecule has 0 spiro atoms. The van der Waals surface area contributed by atoms with Gasteiger partial charge in [-0.25, -0.2) is 0 Å². The van der Waals surface area contributed by atoms with Crippen LogP contribution in [0.15, 0.2) is 24.3 Å². The molecule has 132 valence electrons. The lowest BCUT2D eigenvalue weighted by atomic mass is 9.82. The highest BCUT2D eigenvalue weighted by atomic mass is 16.3. The summed E-state index contributed by atoms with van der Waals surface area (Å²) >= 11 is 0. The van der Waals surface area contributed by atoms with Crippen LogP contribution < -0.4 is 5.32 Å². The Hall–Kier alpha value is -1.88. The zero-order valence-corrected chi connectivity index (χ0v) is 14.7. The van der Waals surface area contributed by atoms with Gasteiger partial charge in [-0.3, -0.25) is 9.59 Å². The van der Waals surface area contributed by atoms with Gasteiger partial charge >= 0.3 is 0 Å². The number of benzene rings is 1. The number of rotatable bonds is 6. The summed E-state index contributed by atoms with van der Waals surface area (Å²) in [4.78, 5) is 26.7. The molecule has 1 fully saturated rings. The fourth-order valence-electron chi connectivity index (χ4n) is 3.34. The second kappa shape index (κ2) is 8.29. The van der Waals surface area contributed by atoms with Crippen molar-refractivity contribution < 1.29 is 14.7 Å². The summed E-state index contributed by atoms with van der Waals surface area (Å²) in [6.45, 7) is 5.11. The largest absolute Gasteiger partial charge is 0.389 e. The Bertz CT molecular complexity index is 576. The van der Waals surface area contributed by atoms with Gasteiger partial charge in [0.1, 0.15) is 0 Å². The van der Waals surface area contributed by atoms with E-state index in [2.05, 4.69) is 5.32 Å². The van der Waals surface area contributed by atoms with Crippen molar-refractivity contribution >= 4 is 17.5 Å².